The van der Waals surface area contributed by atoms with Gasteiger partial charge in [0.2, 0.25) is 0 Å². The number of rotatable bonds is 4. The van der Waals surface area contributed by atoms with E-state index in [2.05, 4.69) is 11.9 Å². The molecule has 118 valence electrons. The van der Waals surface area contributed by atoms with Gasteiger partial charge in [0, 0.05) is 12.6 Å². The summed E-state index contributed by atoms with van der Waals surface area (Å²) in [5, 5.41) is 22.6. The predicted molar refractivity (Wildman–Crippen MR) is 85.4 cm³/mol. The van der Waals surface area contributed by atoms with Crippen LogP contribution in [-0.2, 0) is 9.59 Å². The number of phenols is 1. The van der Waals surface area contributed by atoms with Crippen molar-refractivity contribution in [2.45, 2.75) is 0 Å². The van der Waals surface area contributed by atoms with Crippen LogP contribution in [0, 0.1) is 10.1 Å². The van der Waals surface area contributed by atoms with Crippen LogP contribution in [0.3, 0.4) is 0 Å². The van der Waals surface area contributed by atoms with E-state index in [0.717, 1.165) is 17.0 Å². The molecule has 1 aliphatic rings. The van der Waals surface area contributed by atoms with Crippen molar-refractivity contribution in [3.05, 3.63) is 52.1 Å². The lowest BCUT2D eigenvalue weighted by Gasteiger charge is -2.27. The van der Waals surface area contributed by atoms with Crippen molar-refractivity contribution >= 4 is 40.9 Å². The Labute approximate surface area is 135 Å². The summed E-state index contributed by atoms with van der Waals surface area (Å²) in [7, 11) is 0. The first-order valence-corrected chi connectivity index (χ1v) is 6.73. The third-order valence-electron chi connectivity index (χ3n) is 3.00. The van der Waals surface area contributed by atoms with Crippen LogP contribution in [0.4, 0.5) is 5.69 Å². The molecule has 9 heteroatoms. The lowest BCUT2D eigenvalue weighted by molar-refractivity contribution is -0.385. The second kappa shape index (κ2) is 6.36. The molecule has 1 fully saturated rings. The fourth-order valence-corrected chi connectivity index (χ4v) is 2.18. The van der Waals surface area contributed by atoms with Crippen LogP contribution in [0.2, 0.25) is 0 Å². The maximum atomic E-state index is 12.3. The number of hydrogen-bond donors (Lipinski definition) is 2. The summed E-state index contributed by atoms with van der Waals surface area (Å²) in [6, 6.07) is 3.52. The van der Waals surface area contributed by atoms with E-state index in [0.29, 0.717) is 0 Å². The number of nitrogens with zero attached hydrogens (tertiary/aromatic N) is 2. The Hall–Kier alpha value is -3.07. The largest absolute Gasteiger partial charge is 0.502 e. The predicted octanol–water partition coefficient (Wildman–Crippen LogP) is 1.11. The zero-order valence-electron chi connectivity index (χ0n) is 11.7. The number of benzene rings is 1. The Bertz CT molecular complexity index is 772. The number of thiocarbonyl (C=S) groups is 1. The van der Waals surface area contributed by atoms with Crippen molar-refractivity contribution in [1.29, 1.82) is 0 Å². The van der Waals surface area contributed by atoms with Crippen LogP contribution < -0.4 is 5.32 Å². The summed E-state index contributed by atoms with van der Waals surface area (Å²) in [5.41, 5.74) is -0.527. The van der Waals surface area contributed by atoms with Gasteiger partial charge < -0.3 is 5.11 Å². The van der Waals surface area contributed by atoms with Gasteiger partial charge in [-0.05, 0) is 29.9 Å². The number of nitro groups is 1. The smallest absolute Gasteiger partial charge is 0.311 e. The Balaban J connectivity index is 2.44. The van der Waals surface area contributed by atoms with Crippen LogP contribution in [0.1, 0.15) is 5.56 Å². The van der Waals surface area contributed by atoms with E-state index in [1.807, 2.05) is 0 Å². The average Bonchev–Trinajstić information content (AvgIpc) is 2.49. The molecular formula is C14H11N3O5S. The van der Waals surface area contributed by atoms with Gasteiger partial charge in [-0.25, -0.2) is 0 Å². The van der Waals surface area contributed by atoms with Crippen LogP contribution >= 0.6 is 12.2 Å². The standard InChI is InChI=1S/C14H11N3O5S/c1-2-5-16-13(20)9(12(19)15-14(16)23)6-8-3-4-11(18)10(7-8)17(21)22/h2-4,6-7,18H,1,5H2,(H,15,19,23)/b9-6-. The molecule has 0 unspecified atom stereocenters. The second-order valence-electron chi connectivity index (χ2n) is 4.53. The quantitative estimate of drug-likeness (QED) is 0.213. The Morgan fingerprint density at radius 1 is 1.43 bits per heavy atom. The van der Waals surface area contributed by atoms with Crippen molar-refractivity contribution in [2.75, 3.05) is 6.54 Å². The number of carbonyl (C=O) groups excluding carboxylic acids is 2. The van der Waals surface area contributed by atoms with E-state index in [4.69, 9.17) is 12.2 Å². The summed E-state index contributed by atoms with van der Waals surface area (Å²) in [4.78, 5) is 35.4. The molecular weight excluding hydrogens is 322 g/mol. The van der Waals surface area contributed by atoms with Crippen LogP contribution in [-0.4, -0.2) is 38.4 Å². The lowest BCUT2D eigenvalue weighted by Crippen LogP contribution is -2.53. The number of hydrogen-bond acceptors (Lipinski definition) is 6. The molecule has 0 atom stereocenters. The SMILES string of the molecule is C=CCN1C(=O)/C(=C\c2ccc(O)c([N+](=O)[O-])c2)C(=O)NC1=S. The molecule has 1 aromatic rings. The molecule has 1 aliphatic heterocycles. The van der Waals surface area contributed by atoms with Gasteiger partial charge in [0.25, 0.3) is 11.8 Å². The highest BCUT2D eigenvalue weighted by Crippen LogP contribution is 2.27. The van der Waals surface area contributed by atoms with E-state index in [1.54, 1.807) is 0 Å². The van der Waals surface area contributed by atoms with Crippen molar-refractivity contribution in [3.63, 3.8) is 0 Å². The minimum Gasteiger partial charge on any atom is -0.502 e. The highest BCUT2D eigenvalue weighted by molar-refractivity contribution is 7.80. The summed E-state index contributed by atoms with van der Waals surface area (Å²) in [5.74, 6) is -1.84. The van der Waals surface area contributed by atoms with Crippen LogP contribution in [0.25, 0.3) is 6.08 Å². The zero-order chi connectivity index (χ0) is 17.1. The highest BCUT2D eigenvalue weighted by atomic mass is 32.1. The maximum absolute atomic E-state index is 12.3. The van der Waals surface area contributed by atoms with Gasteiger partial charge in [-0.1, -0.05) is 12.1 Å². The van der Waals surface area contributed by atoms with Gasteiger partial charge in [-0.3, -0.25) is 29.9 Å². The highest BCUT2D eigenvalue weighted by Gasteiger charge is 2.32. The number of amides is 2. The molecule has 1 aromatic carbocycles. The Morgan fingerprint density at radius 2 is 2.13 bits per heavy atom. The first-order chi connectivity index (χ1) is 10.8. The first-order valence-electron chi connectivity index (χ1n) is 6.32. The van der Waals surface area contributed by atoms with Gasteiger partial charge in [-0.15, -0.1) is 6.58 Å². The maximum Gasteiger partial charge on any atom is 0.311 e. The topological polar surface area (TPSA) is 113 Å². The molecule has 0 radical (unpaired) electrons. The van der Waals surface area contributed by atoms with E-state index in [1.165, 1.54) is 18.2 Å². The van der Waals surface area contributed by atoms with Crippen molar-refractivity contribution < 1.29 is 19.6 Å². The second-order valence-corrected chi connectivity index (χ2v) is 4.91. The minimum absolute atomic E-state index is 0.0336. The minimum atomic E-state index is -0.765. The van der Waals surface area contributed by atoms with E-state index in [9.17, 15) is 24.8 Å². The molecule has 1 saturated heterocycles. The van der Waals surface area contributed by atoms with Crippen molar-refractivity contribution in [3.8, 4) is 5.75 Å². The van der Waals surface area contributed by atoms with E-state index in [-0.39, 0.29) is 22.8 Å². The molecule has 23 heavy (non-hydrogen) atoms. The van der Waals surface area contributed by atoms with Crippen LogP contribution in [0.15, 0.2) is 36.4 Å². The number of aromatic hydroxyl groups is 1. The molecule has 2 N–H and O–H groups in total. The summed E-state index contributed by atoms with van der Waals surface area (Å²) < 4.78 is 0. The number of phenolic OH excluding ortho intramolecular Hbond substituents is 1. The summed E-state index contributed by atoms with van der Waals surface area (Å²) in [6.07, 6.45) is 2.65. The normalized spacial score (nSPS) is 16.4. The summed E-state index contributed by atoms with van der Waals surface area (Å²) in [6.45, 7) is 3.62. The third kappa shape index (κ3) is 3.24. The number of nitrogens with one attached hydrogen (secondary N) is 1. The molecule has 8 nitrogen and oxygen atoms in total. The van der Waals surface area contributed by atoms with Gasteiger partial charge in [0.1, 0.15) is 5.57 Å². The Kier molecular flexibility index (Phi) is 4.51. The third-order valence-corrected chi connectivity index (χ3v) is 3.33. The van der Waals surface area contributed by atoms with E-state index >= 15 is 0 Å². The molecule has 2 amide bonds. The fraction of sp³-hybridized carbons (Fsp3) is 0.0714. The molecule has 0 aromatic heterocycles. The molecule has 0 aliphatic carbocycles. The molecule has 0 spiro atoms. The zero-order valence-corrected chi connectivity index (χ0v) is 12.5. The van der Waals surface area contributed by atoms with Gasteiger partial charge >= 0.3 is 5.69 Å². The molecule has 0 bridgehead atoms. The summed E-state index contributed by atoms with van der Waals surface area (Å²) >= 11 is 4.91. The lowest BCUT2D eigenvalue weighted by atomic mass is 10.1. The number of carbonyl (C=O) groups is 2. The first kappa shape index (κ1) is 16.3. The van der Waals surface area contributed by atoms with Crippen molar-refractivity contribution in [2.24, 2.45) is 0 Å². The molecule has 0 saturated carbocycles. The van der Waals surface area contributed by atoms with Gasteiger partial charge in [0.15, 0.2) is 10.9 Å². The van der Waals surface area contributed by atoms with Gasteiger partial charge in [0.05, 0.1) is 4.92 Å². The Morgan fingerprint density at radius 3 is 2.74 bits per heavy atom. The van der Waals surface area contributed by atoms with Crippen molar-refractivity contribution in [1.82, 2.24) is 10.2 Å². The monoisotopic (exact) mass is 333 g/mol. The van der Waals surface area contributed by atoms with Crippen LogP contribution in [0.5, 0.6) is 5.75 Å². The van der Waals surface area contributed by atoms with Gasteiger partial charge in [-0.2, -0.15) is 0 Å². The molecule has 1 heterocycles. The fourth-order valence-electron chi connectivity index (χ4n) is 1.93. The molecule has 2 rings (SSSR count). The average molecular weight is 333 g/mol. The van der Waals surface area contributed by atoms with E-state index < -0.39 is 28.2 Å². The number of nitro benzene ring substituents is 1.